The highest BCUT2D eigenvalue weighted by Crippen LogP contribution is 2.21. The fourth-order valence-corrected chi connectivity index (χ4v) is 1.99. The fourth-order valence-electron chi connectivity index (χ4n) is 1.99. The van der Waals surface area contributed by atoms with Crippen LogP contribution in [-0.2, 0) is 0 Å². The highest BCUT2D eigenvalue weighted by atomic mass is 16.3. The van der Waals surface area contributed by atoms with Gasteiger partial charge in [-0.25, -0.2) is 0 Å². The van der Waals surface area contributed by atoms with Gasteiger partial charge in [-0.1, -0.05) is 6.92 Å². The molecule has 0 bridgehead atoms. The molecule has 1 aliphatic rings. The van der Waals surface area contributed by atoms with Crippen molar-refractivity contribution in [1.82, 2.24) is 10.2 Å². The number of nitrogens with zero attached hydrogens (tertiary/aromatic N) is 2. The maximum Gasteiger partial charge on any atom is 0.109 e. The Balaban J connectivity index is 2.39. The van der Waals surface area contributed by atoms with Crippen LogP contribution in [0.4, 0.5) is 0 Å². The van der Waals surface area contributed by atoms with Crippen molar-refractivity contribution in [2.45, 2.75) is 31.7 Å². The first-order valence-corrected chi connectivity index (χ1v) is 5.76. The van der Waals surface area contributed by atoms with Gasteiger partial charge < -0.3 is 10.0 Å². The summed E-state index contributed by atoms with van der Waals surface area (Å²) in [6, 6.07) is 2.40. The van der Waals surface area contributed by atoms with Crippen LogP contribution in [0.2, 0.25) is 0 Å². The van der Waals surface area contributed by atoms with Crippen LogP contribution in [0.5, 0.6) is 0 Å². The number of hydrogen-bond donors (Lipinski definition) is 2. The number of nitrogens with one attached hydrogen (secondary N) is 1. The molecule has 0 amide bonds. The van der Waals surface area contributed by atoms with E-state index in [1.165, 1.54) is 0 Å². The Labute approximate surface area is 91.9 Å². The molecule has 0 saturated carbocycles. The second-order valence-corrected chi connectivity index (χ2v) is 4.13. The molecule has 1 fully saturated rings. The molecule has 4 heteroatoms. The third kappa shape index (κ3) is 3.45. The summed E-state index contributed by atoms with van der Waals surface area (Å²) >= 11 is 0. The molecule has 1 saturated heterocycles. The van der Waals surface area contributed by atoms with Crippen LogP contribution in [0.15, 0.2) is 0 Å². The normalized spacial score (nSPS) is 21.1. The van der Waals surface area contributed by atoms with Gasteiger partial charge in [-0.05, 0) is 32.4 Å². The molecule has 0 aromatic carbocycles. The second kappa shape index (κ2) is 6.06. The van der Waals surface area contributed by atoms with Crippen molar-refractivity contribution in [2.24, 2.45) is 0 Å². The smallest absolute Gasteiger partial charge is 0.109 e. The summed E-state index contributed by atoms with van der Waals surface area (Å²) in [5.41, 5.74) is -0.346. The van der Waals surface area contributed by atoms with E-state index in [-0.39, 0.29) is 12.1 Å². The minimum absolute atomic E-state index is 0.190. The van der Waals surface area contributed by atoms with Gasteiger partial charge in [-0.3, -0.25) is 5.32 Å². The number of rotatable bonds is 5. The topological polar surface area (TPSA) is 59.3 Å². The van der Waals surface area contributed by atoms with Crippen LogP contribution in [0.25, 0.3) is 0 Å². The molecule has 15 heavy (non-hydrogen) atoms. The zero-order valence-electron chi connectivity index (χ0n) is 9.50. The third-order valence-electron chi connectivity index (χ3n) is 3.17. The molecule has 0 spiro atoms. The summed E-state index contributed by atoms with van der Waals surface area (Å²) in [5.74, 6) is 0. The Morgan fingerprint density at radius 1 is 1.47 bits per heavy atom. The van der Waals surface area contributed by atoms with Crippen molar-refractivity contribution in [3.05, 3.63) is 0 Å². The van der Waals surface area contributed by atoms with Gasteiger partial charge in [0.05, 0.1) is 6.07 Å². The van der Waals surface area contributed by atoms with Gasteiger partial charge in [0.25, 0.3) is 0 Å². The van der Waals surface area contributed by atoms with Gasteiger partial charge in [0.15, 0.2) is 0 Å². The van der Waals surface area contributed by atoms with Crippen molar-refractivity contribution < 1.29 is 5.11 Å². The van der Waals surface area contributed by atoms with E-state index in [1.54, 1.807) is 0 Å². The minimum atomic E-state index is -0.346. The predicted molar refractivity (Wildman–Crippen MR) is 59.4 cm³/mol. The Hall–Kier alpha value is -0.630. The van der Waals surface area contributed by atoms with Crippen LogP contribution in [0.1, 0.15) is 26.2 Å². The third-order valence-corrected chi connectivity index (χ3v) is 3.17. The molecule has 2 N–H and O–H groups in total. The first-order valence-electron chi connectivity index (χ1n) is 5.76. The zero-order valence-corrected chi connectivity index (χ0v) is 9.50. The number of piperidine rings is 1. The number of hydrogen-bond acceptors (Lipinski definition) is 4. The molecule has 0 atom stereocenters. The van der Waals surface area contributed by atoms with Gasteiger partial charge in [0.2, 0.25) is 0 Å². The maximum atomic E-state index is 9.21. The quantitative estimate of drug-likeness (QED) is 0.644. The minimum Gasteiger partial charge on any atom is -0.396 e. The van der Waals surface area contributed by atoms with Crippen LogP contribution >= 0.6 is 0 Å². The first-order chi connectivity index (χ1) is 7.26. The predicted octanol–water partition coefficient (Wildman–Crippen LogP) is 0.336. The summed E-state index contributed by atoms with van der Waals surface area (Å²) < 4.78 is 0. The zero-order chi connectivity index (χ0) is 11.1. The first kappa shape index (κ1) is 12.4. The van der Waals surface area contributed by atoms with E-state index in [1.807, 2.05) is 0 Å². The largest absolute Gasteiger partial charge is 0.396 e. The molecule has 0 aliphatic carbocycles. The Morgan fingerprint density at radius 2 is 2.13 bits per heavy atom. The molecule has 86 valence electrons. The molecule has 4 nitrogen and oxygen atoms in total. The average Bonchev–Trinajstić information content (AvgIpc) is 2.30. The van der Waals surface area contributed by atoms with Crippen molar-refractivity contribution >= 4 is 0 Å². The van der Waals surface area contributed by atoms with Crippen molar-refractivity contribution in [3.63, 3.8) is 0 Å². The molecule has 0 aromatic rings. The van der Waals surface area contributed by atoms with E-state index < -0.39 is 0 Å². The number of aliphatic hydroxyl groups is 1. The fraction of sp³-hybridized carbons (Fsp3) is 0.909. The van der Waals surface area contributed by atoms with Gasteiger partial charge >= 0.3 is 0 Å². The second-order valence-electron chi connectivity index (χ2n) is 4.13. The monoisotopic (exact) mass is 211 g/mol. The number of aliphatic hydroxyl groups excluding tert-OH is 1. The molecule has 1 aliphatic heterocycles. The van der Waals surface area contributed by atoms with Gasteiger partial charge in [0, 0.05) is 19.7 Å². The summed E-state index contributed by atoms with van der Waals surface area (Å²) in [5, 5.41) is 21.2. The molecular formula is C11H21N3O. The highest BCUT2D eigenvalue weighted by Gasteiger charge is 2.33. The van der Waals surface area contributed by atoms with Crippen molar-refractivity contribution in [2.75, 3.05) is 32.8 Å². The Kier molecular flexibility index (Phi) is 5.03. The van der Waals surface area contributed by atoms with Crippen molar-refractivity contribution in [3.8, 4) is 6.07 Å². The van der Waals surface area contributed by atoms with Crippen LogP contribution < -0.4 is 5.32 Å². The van der Waals surface area contributed by atoms with Gasteiger partial charge in [-0.2, -0.15) is 5.26 Å². The molecule has 0 aromatic heterocycles. The molecular weight excluding hydrogens is 190 g/mol. The van der Waals surface area contributed by atoms with E-state index in [4.69, 9.17) is 5.11 Å². The van der Waals surface area contributed by atoms with E-state index in [2.05, 4.69) is 23.2 Å². The standard InChI is InChI=1S/C11H21N3O/c1-2-14-7-4-11(10-12,5-8-14)13-6-3-9-15/h13,15H,2-9H2,1H3. The van der Waals surface area contributed by atoms with Crippen LogP contribution in [0, 0.1) is 11.3 Å². The summed E-state index contributed by atoms with van der Waals surface area (Å²) in [6.45, 7) is 6.13. The Bertz CT molecular complexity index is 211. The number of likely N-dealkylation sites (tertiary alicyclic amines) is 1. The lowest BCUT2D eigenvalue weighted by Gasteiger charge is -2.37. The maximum absolute atomic E-state index is 9.21. The lowest BCUT2D eigenvalue weighted by atomic mass is 9.89. The molecule has 0 radical (unpaired) electrons. The average molecular weight is 211 g/mol. The van der Waals surface area contributed by atoms with Crippen LogP contribution in [0.3, 0.4) is 0 Å². The van der Waals surface area contributed by atoms with E-state index in [9.17, 15) is 5.26 Å². The molecule has 1 rings (SSSR count). The lowest BCUT2D eigenvalue weighted by molar-refractivity contribution is 0.170. The van der Waals surface area contributed by atoms with Gasteiger partial charge in [0.1, 0.15) is 5.54 Å². The van der Waals surface area contributed by atoms with Crippen molar-refractivity contribution in [1.29, 1.82) is 5.26 Å². The lowest BCUT2D eigenvalue weighted by Crippen LogP contribution is -2.52. The SMILES string of the molecule is CCN1CCC(C#N)(NCCCO)CC1. The summed E-state index contributed by atoms with van der Waals surface area (Å²) in [4.78, 5) is 2.36. The molecule has 1 heterocycles. The van der Waals surface area contributed by atoms with Crippen LogP contribution in [-0.4, -0.2) is 48.3 Å². The van der Waals surface area contributed by atoms with Gasteiger partial charge in [-0.15, -0.1) is 0 Å². The van der Waals surface area contributed by atoms with E-state index in [0.29, 0.717) is 0 Å². The highest BCUT2D eigenvalue weighted by molar-refractivity contribution is 5.09. The summed E-state index contributed by atoms with van der Waals surface area (Å²) in [6.07, 6.45) is 2.51. The Morgan fingerprint density at radius 3 is 2.60 bits per heavy atom. The van der Waals surface area contributed by atoms with E-state index >= 15 is 0 Å². The number of nitriles is 1. The molecule has 0 unspecified atom stereocenters. The van der Waals surface area contributed by atoms with E-state index in [0.717, 1.165) is 45.4 Å². The summed E-state index contributed by atoms with van der Waals surface area (Å²) in [7, 11) is 0.